The van der Waals surface area contributed by atoms with Crippen LogP contribution in [0, 0.1) is 6.92 Å². The number of aromatic nitrogens is 2. The van der Waals surface area contributed by atoms with Crippen LogP contribution in [0.3, 0.4) is 0 Å². The second-order valence-corrected chi connectivity index (χ2v) is 9.72. The highest BCUT2D eigenvalue weighted by molar-refractivity contribution is 6.31. The van der Waals surface area contributed by atoms with Crippen molar-refractivity contribution in [1.29, 1.82) is 0 Å². The minimum Gasteiger partial charge on any atom is -0.507 e. The number of amides is 1. The van der Waals surface area contributed by atoms with Crippen LogP contribution in [0.5, 0.6) is 17.2 Å². The zero-order valence-corrected chi connectivity index (χ0v) is 21.8. The van der Waals surface area contributed by atoms with E-state index in [1.807, 2.05) is 13.8 Å². The van der Waals surface area contributed by atoms with Crippen LogP contribution in [0.2, 0.25) is 0 Å². The Labute approximate surface area is 217 Å². The molecule has 12 heteroatoms. The Morgan fingerprint density at radius 1 is 1.13 bits per heavy atom. The largest absolute Gasteiger partial charge is 0.507 e. The monoisotopic (exact) mass is 524 g/mol. The number of ketones is 3. The molecule has 0 spiro atoms. The van der Waals surface area contributed by atoms with Crippen molar-refractivity contribution in [2.24, 2.45) is 0 Å². The number of hydrogen-bond donors (Lipinski definition) is 4. The molecule has 1 aliphatic carbocycles. The third-order valence-corrected chi connectivity index (χ3v) is 6.71. The Morgan fingerprint density at radius 2 is 1.82 bits per heavy atom. The van der Waals surface area contributed by atoms with Gasteiger partial charge in [-0.25, -0.2) is 0 Å². The van der Waals surface area contributed by atoms with Crippen LogP contribution >= 0.6 is 0 Å². The fourth-order valence-corrected chi connectivity index (χ4v) is 4.47. The molecule has 1 aromatic heterocycles. The summed E-state index contributed by atoms with van der Waals surface area (Å²) in [4.78, 5) is 55.5. The highest BCUT2D eigenvalue weighted by Gasteiger charge is 2.56. The molecular formula is C26H28N4O8. The number of nitrogens with one attached hydrogen (secondary N) is 2. The molecule has 2 aromatic rings. The van der Waals surface area contributed by atoms with E-state index in [0.29, 0.717) is 5.82 Å². The van der Waals surface area contributed by atoms with Gasteiger partial charge in [-0.3, -0.25) is 19.2 Å². The first kappa shape index (κ1) is 26.6. The second-order valence-electron chi connectivity index (χ2n) is 9.72. The average molecular weight is 525 g/mol. The number of ether oxygens (including phenoxy) is 1. The predicted molar refractivity (Wildman–Crippen MR) is 132 cm³/mol. The first-order valence-corrected chi connectivity index (χ1v) is 11.9. The van der Waals surface area contributed by atoms with E-state index < -0.39 is 40.2 Å². The zero-order chi connectivity index (χ0) is 28.1. The number of phenols is 2. The lowest BCUT2D eigenvalue weighted by Crippen LogP contribution is -2.42. The number of hydrogen-bond acceptors (Lipinski definition) is 11. The molecule has 0 saturated carbocycles. The van der Waals surface area contributed by atoms with Crippen molar-refractivity contribution >= 4 is 23.3 Å². The smallest absolute Gasteiger partial charge is 0.246 e. The van der Waals surface area contributed by atoms with Gasteiger partial charge < -0.3 is 30.1 Å². The molecule has 0 fully saturated rings. The molecule has 1 atom stereocenters. The summed E-state index contributed by atoms with van der Waals surface area (Å²) in [6.07, 6.45) is 1.11. The van der Waals surface area contributed by atoms with Crippen molar-refractivity contribution in [2.45, 2.75) is 59.4 Å². The van der Waals surface area contributed by atoms with Gasteiger partial charge in [-0.2, -0.15) is 4.98 Å². The number of rotatable bonds is 7. The van der Waals surface area contributed by atoms with E-state index in [1.54, 1.807) is 0 Å². The van der Waals surface area contributed by atoms with Gasteiger partial charge in [0.15, 0.2) is 23.2 Å². The summed E-state index contributed by atoms with van der Waals surface area (Å²) in [5, 5.41) is 30.5. The molecule has 0 unspecified atom stereocenters. The molecule has 0 saturated heterocycles. The molecule has 1 aromatic carbocycles. The summed E-state index contributed by atoms with van der Waals surface area (Å²) in [5.41, 5.74) is -1.92. The number of aromatic hydroxyl groups is 2. The van der Waals surface area contributed by atoms with E-state index in [1.165, 1.54) is 27.7 Å². The van der Waals surface area contributed by atoms with Gasteiger partial charge in [0.2, 0.25) is 11.8 Å². The van der Waals surface area contributed by atoms with E-state index in [4.69, 9.17) is 9.26 Å². The number of nitrogens with zero attached hydrogens (tertiary/aromatic N) is 2. The minimum atomic E-state index is -1.64. The van der Waals surface area contributed by atoms with Crippen LogP contribution in [0.25, 0.3) is 0 Å². The summed E-state index contributed by atoms with van der Waals surface area (Å²) >= 11 is 0. The number of carbonyl (C=O) groups excluding carboxylic acids is 4. The normalized spacial score (nSPS) is 19.5. The Balaban J connectivity index is 1.59. The molecule has 38 heavy (non-hydrogen) atoms. The molecule has 4 rings (SSSR count). The summed E-state index contributed by atoms with van der Waals surface area (Å²) in [6.45, 7) is 9.14. The van der Waals surface area contributed by atoms with Gasteiger partial charge in [0, 0.05) is 23.3 Å². The molecule has 4 N–H and O–H groups in total. The number of benzene rings is 1. The van der Waals surface area contributed by atoms with Gasteiger partial charge in [0.1, 0.15) is 34.0 Å². The van der Waals surface area contributed by atoms with Crippen LogP contribution < -0.4 is 15.4 Å². The van der Waals surface area contributed by atoms with E-state index in [0.717, 1.165) is 6.08 Å². The Kier molecular flexibility index (Phi) is 6.60. The quantitative estimate of drug-likeness (QED) is 0.236. The highest BCUT2D eigenvalue weighted by atomic mass is 16.5. The Bertz CT molecular complexity index is 1470. The molecule has 200 valence electrons. The SMILES string of the molecule is CC(=O)c1c(O)c(C)c(O)c2c1OC1=CC(=O)C(=C(C)NCC(=O)NCc3nc(C(C)C)no3)C(=O)[C@@]12C. The zero-order valence-electron chi connectivity index (χ0n) is 21.8. The van der Waals surface area contributed by atoms with Crippen LogP contribution in [0.4, 0.5) is 0 Å². The summed E-state index contributed by atoms with van der Waals surface area (Å²) in [6, 6.07) is 0. The van der Waals surface area contributed by atoms with Crippen molar-refractivity contribution in [3.05, 3.63) is 51.5 Å². The maximum atomic E-state index is 13.8. The first-order chi connectivity index (χ1) is 17.8. The lowest BCUT2D eigenvalue weighted by atomic mass is 9.70. The topological polar surface area (TPSA) is 181 Å². The van der Waals surface area contributed by atoms with Gasteiger partial charge in [-0.15, -0.1) is 0 Å². The van der Waals surface area contributed by atoms with Crippen molar-refractivity contribution < 1.29 is 38.7 Å². The molecule has 2 aliphatic rings. The fraction of sp³-hybridized carbons (Fsp3) is 0.385. The number of phenolic OH excluding ortho intramolecular Hbond substituents is 2. The second kappa shape index (κ2) is 9.43. The van der Waals surface area contributed by atoms with Gasteiger partial charge in [-0.05, 0) is 27.7 Å². The lowest BCUT2D eigenvalue weighted by Gasteiger charge is -2.29. The van der Waals surface area contributed by atoms with Crippen molar-refractivity contribution in [3.8, 4) is 17.2 Å². The number of carbonyl (C=O) groups is 4. The summed E-state index contributed by atoms with van der Waals surface area (Å²) in [7, 11) is 0. The van der Waals surface area contributed by atoms with Crippen LogP contribution in [-0.4, -0.2) is 50.2 Å². The van der Waals surface area contributed by atoms with E-state index in [2.05, 4.69) is 20.8 Å². The average Bonchev–Trinajstić information content (AvgIpc) is 3.43. The Morgan fingerprint density at radius 3 is 2.42 bits per heavy atom. The fourth-order valence-electron chi connectivity index (χ4n) is 4.47. The van der Waals surface area contributed by atoms with Gasteiger partial charge in [-0.1, -0.05) is 19.0 Å². The summed E-state index contributed by atoms with van der Waals surface area (Å²) in [5.74, 6) is -2.62. The van der Waals surface area contributed by atoms with E-state index in [-0.39, 0.29) is 64.4 Å². The Hall–Kier alpha value is -4.48. The lowest BCUT2D eigenvalue weighted by molar-refractivity contribution is -0.124. The van der Waals surface area contributed by atoms with Crippen LogP contribution in [0.15, 0.2) is 27.6 Å². The molecule has 12 nitrogen and oxygen atoms in total. The standard InChI is InChI=1S/C26H28N4O8/c1-10(2)25-29-17(38-30-25)9-28-16(33)8-27-12(4)18-14(32)7-15-26(6,24(18)36)20-22(35)11(3)21(34)19(13(5)31)23(20)37-15/h7,10,27,34-35H,8-9H2,1-6H3,(H,28,33)/t26-/m0/s1. The minimum absolute atomic E-state index is 0.00327. The summed E-state index contributed by atoms with van der Waals surface area (Å²) < 4.78 is 10.8. The number of fused-ring (bicyclic) bond motifs is 3. The van der Waals surface area contributed by atoms with Gasteiger partial charge in [0.25, 0.3) is 0 Å². The maximum absolute atomic E-state index is 13.8. The van der Waals surface area contributed by atoms with Gasteiger partial charge in [0.05, 0.1) is 24.2 Å². The van der Waals surface area contributed by atoms with Crippen molar-refractivity contribution in [1.82, 2.24) is 20.8 Å². The molecule has 0 radical (unpaired) electrons. The number of allylic oxidation sites excluding steroid dienone is 4. The van der Waals surface area contributed by atoms with E-state index >= 15 is 0 Å². The maximum Gasteiger partial charge on any atom is 0.246 e. The third-order valence-electron chi connectivity index (χ3n) is 6.71. The molecular weight excluding hydrogens is 496 g/mol. The highest BCUT2D eigenvalue weighted by Crippen LogP contribution is 2.57. The van der Waals surface area contributed by atoms with Gasteiger partial charge >= 0.3 is 0 Å². The molecule has 0 bridgehead atoms. The predicted octanol–water partition coefficient (Wildman–Crippen LogP) is 1.98. The van der Waals surface area contributed by atoms with Crippen molar-refractivity contribution in [3.63, 3.8) is 0 Å². The van der Waals surface area contributed by atoms with Crippen molar-refractivity contribution in [2.75, 3.05) is 6.54 Å². The first-order valence-electron chi connectivity index (χ1n) is 11.9. The molecule has 1 amide bonds. The van der Waals surface area contributed by atoms with E-state index in [9.17, 15) is 29.4 Å². The molecule has 2 heterocycles. The number of Topliss-reactive ketones (excluding diaryl/α,β-unsaturated/α-hetero) is 2. The third kappa shape index (κ3) is 4.11. The van der Waals surface area contributed by atoms with Crippen LogP contribution in [0.1, 0.15) is 73.7 Å². The molecule has 1 aliphatic heterocycles. The van der Waals surface area contributed by atoms with Crippen LogP contribution in [-0.2, 0) is 26.3 Å².